The number of nitrogens with one attached hydrogen (secondary N) is 2. The van der Waals surface area contributed by atoms with E-state index in [1.165, 1.54) is 19.2 Å². The zero-order valence-corrected chi connectivity index (χ0v) is 13.3. The zero-order valence-electron chi connectivity index (χ0n) is 11.8. The van der Waals surface area contributed by atoms with E-state index >= 15 is 0 Å². The van der Waals surface area contributed by atoms with Crippen LogP contribution in [-0.2, 0) is 14.8 Å². The van der Waals surface area contributed by atoms with E-state index in [0.717, 1.165) is 0 Å². The number of hydrogen-bond donors (Lipinski definition) is 2. The summed E-state index contributed by atoms with van der Waals surface area (Å²) in [5, 5.41) is 2.87. The molecule has 0 aliphatic carbocycles. The number of hydrogen-bond acceptors (Lipinski definition) is 5. The van der Waals surface area contributed by atoms with E-state index < -0.39 is 15.5 Å². The Morgan fingerprint density at radius 1 is 1.36 bits per heavy atom. The van der Waals surface area contributed by atoms with Crippen LogP contribution >= 0.6 is 11.6 Å². The zero-order chi connectivity index (χ0) is 15.9. The summed E-state index contributed by atoms with van der Waals surface area (Å²) in [6, 6.07) is 2.94. The van der Waals surface area contributed by atoms with Gasteiger partial charge in [0.1, 0.15) is 5.69 Å². The average Bonchev–Trinajstić information content (AvgIpc) is 2.95. The van der Waals surface area contributed by atoms with Gasteiger partial charge in [0.15, 0.2) is 11.2 Å². The minimum absolute atomic E-state index is 0.0470. The first-order valence-electron chi connectivity index (χ1n) is 6.74. The maximum Gasteiger partial charge on any atom is 0.260 e. The summed E-state index contributed by atoms with van der Waals surface area (Å²) in [6.45, 7) is 0.242. The molecule has 2 N–H and O–H groups in total. The maximum atomic E-state index is 12.4. The van der Waals surface area contributed by atoms with Gasteiger partial charge in [0.05, 0.1) is 23.8 Å². The molecule has 2 aliphatic rings. The van der Waals surface area contributed by atoms with E-state index in [1.54, 1.807) is 0 Å². The molecule has 0 spiro atoms. The molecule has 2 atom stereocenters. The topological polar surface area (TPSA) is 93.7 Å². The monoisotopic (exact) mass is 346 g/mol. The number of anilines is 1. The number of ether oxygens (including phenoxy) is 2. The van der Waals surface area contributed by atoms with Gasteiger partial charge in [-0.3, -0.25) is 9.52 Å². The second-order valence-electron chi connectivity index (χ2n) is 5.13. The Bertz CT molecular complexity index is 721. The fourth-order valence-corrected chi connectivity index (χ4v) is 4.23. The van der Waals surface area contributed by atoms with Crippen LogP contribution in [0.5, 0.6) is 5.75 Å². The van der Waals surface area contributed by atoms with Crippen molar-refractivity contribution in [2.24, 2.45) is 0 Å². The molecule has 0 saturated carbocycles. The number of fused-ring (bicyclic) bond motifs is 4. The fraction of sp³-hybridized carbons (Fsp3) is 0.462. The van der Waals surface area contributed by atoms with Gasteiger partial charge >= 0.3 is 0 Å². The van der Waals surface area contributed by atoms with Crippen LogP contribution in [0.15, 0.2) is 12.1 Å². The standard InChI is InChI=1S/C13H15ClN2O5S/c1-20-12-8-3-4-9(14)11(12)16-22(18,19)10-5-2-7(21-10)6-15-13(8)17/h3-4,7,10,16H,2,5-6H2,1H3,(H,15,17). The van der Waals surface area contributed by atoms with Crippen LogP contribution in [0.4, 0.5) is 5.69 Å². The summed E-state index contributed by atoms with van der Waals surface area (Å²) >= 11 is 6.07. The molecule has 1 aromatic carbocycles. The van der Waals surface area contributed by atoms with Crippen LogP contribution in [0.2, 0.25) is 5.02 Å². The van der Waals surface area contributed by atoms with Gasteiger partial charge in [-0.1, -0.05) is 11.6 Å². The number of carbonyl (C=O) groups excluding carboxylic acids is 1. The summed E-state index contributed by atoms with van der Waals surface area (Å²) < 4.78 is 38.0. The number of sulfonamides is 1. The highest BCUT2D eigenvalue weighted by atomic mass is 35.5. The van der Waals surface area contributed by atoms with Crippen LogP contribution in [0.1, 0.15) is 23.2 Å². The molecule has 1 saturated heterocycles. The van der Waals surface area contributed by atoms with Crippen molar-refractivity contribution in [3.05, 3.63) is 22.7 Å². The lowest BCUT2D eigenvalue weighted by Crippen LogP contribution is -2.33. The van der Waals surface area contributed by atoms with Gasteiger partial charge in [-0.15, -0.1) is 0 Å². The number of benzene rings is 1. The van der Waals surface area contributed by atoms with Crippen molar-refractivity contribution >= 4 is 33.2 Å². The summed E-state index contributed by atoms with van der Waals surface area (Å²) in [5.74, 6) is -0.283. The van der Waals surface area contributed by atoms with E-state index in [0.29, 0.717) is 12.8 Å². The van der Waals surface area contributed by atoms with Crippen molar-refractivity contribution < 1.29 is 22.7 Å². The van der Waals surface area contributed by atoms with Gasteiger partial charge in [-0.25, -0.2) is 8.42 Å². The molecule has 3 rings (SSSR count). The van der Waals surface area contributed by atoms with Crippen LogP contribution in [-0.4, -0.2) is 39.5 Å². The highest BCUT2D eigenvalue weighted by Gasteiger charge is 2.37. The van der Waals surface area contributed by atoms with Crippen molar-refractivity contribution in [3.63, 3.8) is 0 Å². The van der Waals surface area contributed by atoms with Crippen LogP contribution < -0.4 is 14.8 Å². The van der Waals surface area contributed by atoms with Crippen LogP contribution in [0, 0.1) is 0 Å². The minimum Gasteiger partial charge on any atom is -0.494 e. The Balaban J connectivity index is 2.15. The van der Waals surface area contributed by atoms with Crippen LogP contribution in [0.3, 0.4) is 0 Å². The highest BCUT2D eigenvalue weighted by Crippen LogP contribution is 2.38. The first-order valence-corrected chi connectivity index (χ1v) is 8.66. The minimum atomic E-state index is -3.79. The maximum absolute atomic E-state index is 12.4. The Morgan fingerprint density at radius 2 is 2.14 bits per heavy atom. The molecule has 2 heterocycles. The van der Waals surface area contributed by atoms with Gasteiger partial charge in [0.2, 0.25) is 0 Å². The summed E-state index contributed by atoms with van der Waals surface area (Å²) in [6.07, 6.45) is 0.587. The first kappa shape index (κ1) is 15.4. The van der Waals surface area contributed by atoms with Gasteiger partial charge in [0.25, 0.3) is 15.9 Å². The molecule has 2 aliphatic heterocycles. The molecular weight excluding hydrogens is 332 g/mol. The largest absolute Gasteiger partial charge is 0.494 e. The van der Waals surface area contributed by atoms with Gasteiger partial charge in [-0.2, -0.15) is 0 Å². The van der Waals surface area contributed by atoms with Gasteiger partial charge in [-0.05, 0) is 25.0 Å². The number of amides is 1. The predicted molar refractivity (Wildman–Crippen MR) is 80.8 cm³/mol. The summed E-state index contributed by atoms with van der Waals surface area (Å²) in [7, 11) is -2.44. The molecule has 120 valence electrons. The Kier molecular flexibility index (Phi) is 3.92. The third-order valence-electron chi connectivity index (χ3n) is 3.70. The molecule has 9 heteroatoms. The molecule has 1 aromatic rings. The lowest BCUT2D eigenvalue weighted by molar-refractivity contribution is 0.0768. The van der Waals surface area contributed by atoms with Gasteiger partial charge < -0.3 is 14.8 Å². The molecular formula is C13H15ClN2O5S. The number of rotatable bonds is 1. The Morgan fingerprint density at radius 3 is 2.86 bits per heavy atom. The number of halogens is 1. The molecule has 2 unspecified atom stereocenters. The summed E-state index contributed by atoms with van der Waals surface area (Å²) in [4.78, 5) is 12.3. The molecule has 7 nitrogen and oxygen atoms in total. The number of methoxy groups -OCH3 is 1. The fourth-order valence-electron chi connectivity index (χ4n) is 2.61. The first-order chi connectivity index (χ1) is 10.4. The van der Waals surface area contributed by atoms with Crippen molar-refractivity contribution in [1.29, 1.82) is 0 Å². The average molecular weight is 347 g/mol. The number of carbonyl (C=O) groups is 1. The normalized spacial score (nSPS) is 26.5. The van der Waals surface area contributed by atoms with E-state index in [2.05, 4.69) is 10.0 Å². The lowest BCUT2D eigenvalue weighted by Gasteiger charge is -2.17. The van der Waals surface area contributed by atoms with E-state index in [1.807, 2.05) is 0 Å². The Hall–Kier alpha value is -1.51. The Labute approximate surface area is 133 Å². The quantitative estimate of drug-likeness (QED) is 0.800. The van der Waals surface area contributed by atoms with Crippen LogP contribution in [0.25, 0.3) is 0 Å². The lowest BCUT2D eigenvalue weighted by atomic mass is 10.1. The molecule has 1 fully saturated rings. The van der Waals surface area contributed by atoms with E-state index in [4.69, 9.17) is 21.1 Å². The van der Waals surface area contributed by atoms with E-state index in [-0.39, 0.29) is 40.6 Å². The highest BCUT2D eigenvalue weighted by molar-refractivity contribution is 7.93. The predicted octanol–water partition coefficient (Wildman–Crippen LogP) is 1.34. The smallest absolute Gasteiger partial charge is 0.260 e. The molecule has 22 heavy (non-hydrogen) atoms. The molecule has 1 amide bonds. The molecule has 4 bridgehead atoms. The van der Waals surface area contributed by atoms with Gasteiger partial charge in [0, 0.05) is 6.54 Å². The van der Waals surface area contributed by atoms with Crippen molar-refractivity contribution in [2.45, 2.75) is 24.4 Å². The molecule has 0 radical (unpaired) electrons. The second kappa shape index (κ2) is 5.60. The van der Waals surface area contributed by atoms with E-state index in [9.17, 15) is 13.2 Å². The third-order valence-corrected chi connectivity index (χ3v) is 5.55. The molecule has 0 aromatic heterocycles. The SMILES string of the molecule is COc1c2ccc(Cl)c1NS(=O)(=O)C1CCC(CNC2=O)O1. The van der Waals surface area contributed by atoms with Crippen molar-refractivity contribution in [1.82, 2.24) is 5.32 Å². The third kappa shape index (κ3) is 2.62. The second-order valence-corrected chi connectivity index (χ2v) is 7.35. The van der Waals surface area contributed by atoms with Crippen molar-refractivity contribution in [3.8, 4) is 5.75 Å². The van der Waals surface area contributed by atoms with Crippen molar-refractivity contribution in [2.75, 3.05) is 18.4 Å². The summed E-state index contributed by atoms with van der Waals surface area (Å²) in [5.41, 5.74) is -0.718.